The average molecular weight is 1520 g/mol. The van der Waals surface area contributed by atoms with Gasteiger partial charge in [0.2, 0.25) is 70.9 Å². The summed E-state index contributed by atoms with van der Waals surface area (Å²) in [6, 6.07) is -1.42. The van der Waals surface area contributed by atoms with Crippen LogP contribution in [0.5, 0.6) is 0 Å². The molecule has 0 saturated carbocycles. The summed E-state index contributed by atoms with van der Waals surface area (Å²) < 4.78 is 43.8. The maximum atomic E-state index is 14.2. The fraction of sp³-hybridized carbons (Fsp3) is 0.677. The number of primary amides is 1. The Kier molecular flexibility index (Phi) is 50.8. The lowest BCUT2D eigenvalue weighted by atomic mass is 10.0. The lowest BCUT2D eigenvalue weighted by Crippen LogP contribution is -2.60. The largest absolute Gasteiger partial charge is 0.481 e. The van der Waals surface area contributed by atoms with E-state index < -0.39 is 114 Å². The highest BCUT2D eigenvalue weighted by atomic mass is 32.2. The number of fused-ring (bicyclic) bond motifs is 6. The first-order chi connectivity index (χ1) is 49.0. The van der Waals surface area contributed by atoms with Gasteiger partial charge in [-0.3, -0.25) is 71.7 Å². The third-order valence-electron chi connectivity index (χ3n) is 13.8. The number of nitrogens with two attached hydrogens (primary N) is 3. The van der Waals surface area contributed by atoms with Gasteiger partial charge in [0, 0.05) is 68.5 Å². The Balaban J connectivity index is 0.000000898. The van der Waals surface area contributed by atoms with Crippen molar-refractivity contribution in [3.8, 4) is 0 Å². The van der Waals surface area contributed by atoms with Crippen molar-refractivity contribution >= 4 is 130 Å². The van der Waals surface area contributed by atoms with Gasteiger partial charge >= 0.3 is 5.97 Å². The van der Waals surface area contributed by atoms with Crippen molar-refractivity contribution in [1.29, 1.82) is 0 Å². The number of benzene rings is 1. The van der Waals surface area contributed by atoms with E-state index >= 15 is 0 Å². The summed E-state index contributed by atoms with van der Waals surface area (Å²) in [6.07, 6.45) is 0.330. The summed E-state index contributed by atoms with van der Waals surface area (Å²) in [5, 5.41) is 38.1. The second kappa shape index (κ2) is 57.1. The van der Waals surface area contributed by atoms with Crippen LogP contribution in [0.25, 0.3) is 0 Å². The fourth-order valence-electron chi connectivity index (χ4n) is 8.70. The van der Waals surface area contributed by atoms with E-state index in [0.29, 0.717) is 122 Å². The summed E-state index contributed by atoms with van der Waals surface area (Å²) in [5.41, 5.74) is 17.1. The van der Waals surface area contributed by atoms with Crippen LogP contribution in [0.1, 0.15) is 64.4 Å². The van der Waals surface area contributed by atoms with Crippen LogP contribution in [0.3, 0.4) is 0 Å². The Morgan fingerprint density at radius 2 is 1.13 bits per heavy atom. The van der Waals surface area contributed by atoms with Gasteiger partial charge in [-0.05, 0) is 56.8 Å². The number of ether oxygens (including phenoxy) is 6. The molecule has 2 saturated heterocycles. The lowest BCUT2D eigenvalue weighted by Gasteiger charge is -2.26. The number of hydrogen-bond acceptors (Lipinski definition) is 24. The van der Waals surface area contributed by atoms with Gasteiger partial charge in [-0.2, -0.15) is 11.8 Å². The Labute approximate surface area is 609 Å². The molecule has 102 heavy (non-hydrogen) atoms. The molecule has 0 radical (unpaired) electrons. The monoisotopic (exact) mass is 1520 g/mol. The molecule has 0 aliphatic carbocycles. The molecule has 1 aromatic carbocycles. The number of alkyl halides is 1. The Hall–Kier alpha value is -7.31. The Morgan fingerprint density at radius 1 is 0.588 bits per heavy atom. The van der Waals surface area contributed by atoms with Crippen molar-refractivity contribution in [2.75, 3.05) is 158 Å². The van der Waals surface area contributed by atoms with Crippen LogP contribution in [0.2, 0.25) is 0 Å². The highest BCUT2D eigenvalue weighted by molar-refractivity contribution is 8.16. The van der Waals surface area contributed by atoms with Gasteiger partial charge < -0.3 is 109 Å². The minimum atomic E-state index is -1.76. The lowest BCUT2D eigenvalue weighted by molar-refractivity contribution is -0.141. The van der Waals surface area contributed by atoms with Crippen LogP contribution in [0.4, 0.5) is 4.39 Å². The molecule has 2 fully saturated rings. The quantitative estimate of drug-likeness (QED) is 0.0168. The van der Waals surface area contributed by atoms with Crippen LogP contribution in [0, 0.1) is 0 Å². The molecule has 576 valence electrons. The topological polar surface area (TPSA) is 520 Å². The van der Waals surface area contributed by atoms with E-state index in [4.69, 9.17) is 45.6 Å². The summed E-state index contributed by atoms with van der Waals surface area (Å²) in [4.78, 5) is 173. The summed E-state index contributed by atoms with van der Waals surface area (Å²) in [6.45, 7) is 8.38. The van der Waals surface area contributed by atoms with Crippen LogP contribution in [-0.4, -0.2) is 288 Å². The molecule has 3 rings (SSSR count). The molecule has 40 heteroatoms. The van der Waals surface area contributed by atoms with E-state index in [1.807, 2.05) is 6.92 Å². The molecule has 2 aliphatic heterocycles. The van der Waals surface area contributed by atoms with E-state index in [9.17, 15) is 71.8 Å². The molecule has 18 N–H and O–H groups in total. The predicted molar refractivity (Wildman–Crippen MR) is 382 cm³/mol. The minimum absolute atomic E-state index is 0.0476. The van der Waals surface area contributed by atoms with Crippen molar-refractivity contribution in [2.45, 2.75) is 108 Å². The van der Waals surface area contributed by atoms with E-state index in [1.165, 1.54) is 18.7 Å². The Bertz CT molecular complexity index is 2760. The number of hydrogen-bond donors (Lipinski definition) is 15. The molecule has 2 bridgehead atoms. The fourth-order valence-corrected chi connectivity index (χ4v) is 12.5. The number of carbonyl (C=O) groups excluding carboxylic acids is 12. The van der Waals surface area contributed by atoms with Crippen LogP contribution < -0.4 is 75.7 Å². The van der Waals surface area contributed by atoms with Gasteiger partial charge in [0.05, 0.1) is 97.2 Å². The van der Waals surface area contributed by atoms with E-state index in [2.05, 4.69) is 63.5 Å². The van der Waals surface area contributed by atoms with Gasteiger partial charge in [-0.25, -0.2) is 0 Å². The number of unbranched alkanes of at least 4 members (excludes halogenated alkanes) is 1. The van der Waals surface area contributed by atoms with Gasteiger partial charge in [0.1, 0.15) is 48.9 Å². The number of rotatable bonds is 40. The first-order valence-corrected chi connectivity index (χ1v) is 37.7. The molecule has 7 atom stereocenters. The highest BCUT2D eigenvalue weighted by Crippen LogP contribution is 2.17. The summed E-state index contributed by atoms with van der Waals surface area (Å²) >= 11 is 4.53. The summed E-state index contributed by atoms with van der Waals surface area (Å²) in [7, 11) is 0. The normalized spacial score (nSPS) is 20.0. The molecule has 1 aromatic rings. The second-order valence-corrected chi connectivity index (χ2v) is 26.8. The van der Waals surface area contributed by atoms with Gasteiger partial charge in [0.15, 0.2) is 5.96 Å². The standard InChI is InChI=1S/C41H61N13O12S3.C21H41FN2O8S/c1-22(55)45-12-6-5-10-25-36(62)53-29-18-68-21-69-19-30(40(66)51-26(14-23-8-3-2-4-9-23)37(63)52-28(34(42)60)17-67-20-32(57)48-25)54-38(64)27(15-33(58)59)49-31(56)16-47-35(61)24(50-39(29)65)11-7-13-46-41(43)44;1-2-27-18-20(25)23-5-7-28-9-11-30-13-15-32-16-14-31-12-10-29-8-6-24-21(26)19-33-17-3-4-22/h2-4,8-9,24-30H,5-7,10-21H2,1H3,(H2,42,60)(H,45,55)(H,47,61)(H,48,57)(H,49,56)(H,50,65)(H,51,66)(H,52,63)(H,53,62)(H,54,64)(H,58,59)(H4,43,44,46);2-19H2,1H3,(H,23,25)(H,24,26)/t24-,25-,26-,27-,28-,29-,30-;/m0./s1/i;22-1. The smallest absolute Gasteiger partial charge is 0.305 e. The van der Waals surface area contributed by atoms with Crippen molar-refractivity contribution in [3.05, 3.63) is 35.9 Å². The molecule has 2 aliphatic rings. The van der Waals surface area contributed by atoms with E-state index in [1.54, 1.807) is 30.3 Å². The maximum absolute atomic E-state index is 14.2. The number of carboxylic acids is 1. The number of halogens is 1. The van der Waals surface area contributed by atoms with Crippen LogP contribution >= 0.6 is 47.0 Å². The zero-order chi connectivity index (χ0) is 75.1. The van der Waals surface area contributed by atoms with Gasteiger partial charge in [0.25, 0.3) is 0 Å². The van der Waals surface area contributed by atoms with Crippen molar-refractivity contribution in [3.63, 3.8) is 0 Å². The highest BCUT2D eigenvalue weighted by Gasteiger charge is 2.35. The number of carboxylic acid groups (broad SMARTS) is 1. The molecule has 12 amide bonds. The Morgan fingerprint density at radius 3 is 1.69 bits per heavy atom. The van der Waals surface area contributed by atoms with Crippen LogP contribution in [0.15, 0.2) is 35.3 Å². The average Bonchev–Trinajstić information content (AvgIpc) is 0.914. The first-order valence-electron chi connectivity index (χ1n) is 33.1. The van der Waals surface area contributed by atoms with E-state index in [0.717, 1.165) is 35.3 Å². The minimum Gasteiger partial charge on any atom is -0.481 e. The first kappa shape index (κ1) is 90.8. The molecule has 0 unspecified atom stereocenters. The zero-order valence-electron chi connectivity index (χ0n) is 57.7. The molecular weight excluding hydrogens is 1420 g/mol. The number of thioether (sulfide) groups is 4. The van der Waals surface area contributed by atoms with Gasteiger partial charge in [-0.15, -0.1) is 35.3 Å². The van der Waals surface area contributed by atoms with Crippen molar-refractivity contribution in [1.82, 2.24) is 58.5 Å². The number of nitrogens with one attached hydrogen (secondary N) is 11. The number of amides is 12. The predicted octanol–water partition coefficient (Wildman–Crippen LogP) is -4.33. The molecule has 35 nitrogen and oxygen atoms in total. The molecule has 0 aromatic heterocycles. The maximum Gasteiger partial charge on any atom is 0.305 e. The number of guanidine groups is 1. The molecule has 0 spiro atoms. The number of aliphatic carboxylic acids is 1. The number of nitrogens with zero attached hydrogens (tertiary/aromatic N) is 1. The number of carbonyl (C=O) groups is 13. The zero-order valence-corrected chi connectivity index (χ0v) is 60.9. The van der Waals surface area contributed by atoms with Gasteiger partial charge in [-0.1, -0.05) is 30.3 Å². The third-order valence-corrected chi connectivity index (χ3v) is 18.3. The molecular formula is C62H102FN15O20S4. The third kappa shape index (κ3) is 45.6. The number of aliphatic imine (C=N–C) groups is 1. The second-order valence-electron chi connectivity index (χ2n) is 22.2. The molecule has 2 heterocycles. The van der Waals surface area contributed by atoms with Crippen molar-refractivity contribution < 1.29 is 100 Å². The van der Waals surface area contributed by atoms with Crippen molar-refractivity contribution in [2.24, 2.45) is 22.2 Å². The summed E-state index contributed by atoms with van der Waals surface area (Å²) in [5.74, 6) is -10.1. The SMILES string of the molecule is CC(=O)NCCCC[C@@H]1NC(=O)CSC[C@@H](C(N)=O)NC(=O)[C@H](Cc2ccccc2)NC(=O)[C@@H]2CSCSC[C@H](NC1=O)C(=O)N[C@@H](CCCN=C(N)N)C(=O)NCC(=O)N[C@@H](CC(=O)O)C(=O)N2.CCOCC(=O)NCCOCCOCCOCCOCCOCCNC(=O)CSCCC[18F]. The van der Waals surface area contributed by atoms with Crippen LogP contribution in [-0.2, 0) is 97.2 Å². The van der Waals surface area contributed by atoms with E-state index in [-0.39, 0.29) is 104 Å².